The van der Waals surface area contributed by atoms with Crippen molar-refractivity contribution in [1.82, 2.24) is 0 Å². The van der Waals surface area contributed by atoms with E-state index in [2.05, 4.69) is 5.32 Å². The molecule has 0 bridgehead atoms. The number of rotatable bonds is 4. The molecule has 1 aromatic heterocycles. The Morgan fingerprint density at radius 1 is 1.41 bits per heavy atom. The molecule has 0 aliphatic heterocycles. The molecule has 0 saturated heterocycles. The molecule has 5 nitrogen and oxygen atoms in total. The normalized spacial score (nSPS) is 10.2. The van der Waals surface area contributed by atoms with Crippen LogP contribution in [-0.2, 0) is 6.54 Å². The first-order chi connectivity index (χ1) is 8.16. The predicted molar refractivity (Wildman–Crippen MR) is 64.1 cm³/mol. The van der Waals surface area contributed by atoms with Crippen molar-refractivity contribution in [3.63, 3.8) is 0 Å². The van der Waals surface area contributed by atoms with Crippen LogP contribution < -0.4 is 5.32 Å². The van der Waals surface area contributed by atoms with Gasteiger partial charge in [0.1, 0.15) is 11.4 Å². The summed E-state index contributed by atoms with van der Waals surface area (Å²) in [6, 6.07) is 7.90. The molecular formula is C11H9ClN2O3. The number of halogens is 1. The lowest BCUT2D eigenvalue weighted by molar-refractivity contribution is -0.384. The van der Waals surface area contributed by atoms with E-state index in [0.717, 1.165) is 0 Å². The van der Waals surface area contributed by atoms with Crippen molar-refractivity contribution >= 4 is 23.0 Å². The standard InChI is InChI=1S/C11H9ClN2O3/c12-8-3-4-11(14(15)16)10(6-8)13-7-9-2-1-5-17-9/h1-6,13H,7H2. The third-order valence-corrected chi connectivity index (χ3v) is 2.42. The Hall–Kier alpha value is -2.01. The lowest BCUT2D eigenvalue weighted by Crippen LogP contribution is -2.01. The molecule has 0 amide bonds. The lowest BCUT2D eigenvalue weighted by Gasteiger charge is -2.05. The minimum Gasteiger partial charge on any atom is -0.467 e. The summed E-state index contributed by atoms with van der Waals surface area (Å²) < 4.78 is 5.12. The van der Waals surface area contributed by atoms with E-state index in [0.29, 0.717) is 23.0 Å². The molecule has 0 aliphatic rings. The number of hydrogen-bond acceptors (Lipinski definition) is 4. The van der Waals surface area contributed by atoms with E-state index in [4.69, 9.17) is 16.0 Å². The zero-order chi connectivity index (χ0) is 12.3. The monoisotopic (exact) mass is 252 g/mol. The van der Waals surface area contributed by atoms with Gasteiger partial charge in [-0.15, -0.1) is 0 Å². The average Bonchev–Trinajstić information content (AvgIpc) is 2.78. The Kier molecular flexibility index (Phi) is 3.30. The average molecular weight is 253 g/mol. The van der Waals surface area contributed by atoms with E-state index < -0.39 is 4.92 Å². The summed E-state index contributed by atoms with van der Waals surface area (Å²) in [5.41, 5.74) is 0.361. The minimum absolute atomic E-state index is 0.0130. The third-order valence-electron chi connectivity index (χ3n) is 2.19. The molecule has 1 heterocycles. The van der Waals surface area contributed by atoms with E-state index in [1.807, 2.05) is 0 Å². The van der Waals surface area contributed by atoms with E-state index in [-0.39, 0.29) is 5.69 Å². The fraction of sp³-hybridized carbons (Fsp3) is 0.0909. The highest BCUT2D eigenvalue weighted by Gasteiger charge is 2.13. The summed E-state index contributed by atoms with van der Waals surface area (Å²) in [6.45, 7) is 0.369. The van der Waals surface area contributed by atoms with Crippen LogP contribution in [-0.4, -0.2) is 4.92 Å². The van der Waals surface area contributed by atoms with Gasteiger partial charge in [-0.05, 0) is 24.3 Å². The molecule has 0 radical (unpaired) electrons. The van der Waals surface area contributed by atoms with Gasteiger partial charge in [0.15, 0.2) is 0 Å². The molecule has 0 atom stereocenters. The summed E-state index contributed by atoms with van der Waals surface area (Å²) in [7, 11) is 0. The molecule has 0 unspecified atom stereocenters. The summed E-state index contributed by atoms with van der Waals surface area (Å²) in [6.07, 6.45) is 1.55. The molecule has 0 spiro atoms. The first-order valence-corrected chi connectivity index (χ1v) is 5.25. The zero-order valence-electron chi connectivity index (χ0n) is 8.72. The Bertz CT molecular complexity index is 526. The maximum atomic E-state index is 10.8. The molecule has 2 aromatic rings. The molecule has 1 aromatic carbocycles. The van der Waals surface area contributed by atoms with Crippen LogP contribution in [0.3, 0.4) is 0 Å². The number of furan rings is 1. The maximum absolute atomic E-state index is 10.8. The molecule has 0 fully saturated rings. The summed E-state index contributed by atoms with van der Waals surface area (Å²) in [4.78, 5) is 10.3. The molecule has 0 aliphatic carbocycles. The first-order valence-electron chi connectivity index (χ1n) is 4.87. The van der Waals surface area contributed by atoms with Crippen molar-refractivity contribution in [2.45, 2.75) is 6.54 Å². The highest BCUT2D eigenvalue weighted by Crippen LogP contribution is 2.27. The lowest BCUT2D eigenvalue weighted by atomic mass is 10.2. The first kappa shape index (κ1) is 11.5. The predicted octanol–water partition coefficient (Wildman–Crippen LogP) is 3.45. The molecule has 2 rings (SSSR count). The fourth-order valence-electron chi connectivity index (χ4n) is 1.40. The van der Waals surface area contributed by atoms with Crippen LogP contribution in [0.5, 0.6) is 0 Å². The van der Waals surface area contributed by atoms with Crippen LogP contribution in [0.15, 0.2) is 41.0 Å². The number of nitro groups is 1. The van der Waals surface area contributed by atoms with Crippen molar-refractivity contribution in [2.24, 2.45) is 0 Å². The molecule has 6 heteroatoms. The van der Waals surface area contributed by atoms with Gasteiger partial charge < -0.3 is 9.73 Å². The maximum Gasteiger partial charge on any atom is 0.292 e. The van der Waals surface area contributed by atoms with Crippen molar-refractivity contribution in [3.05, 3.63) is 57.5 Å². The summed E-state index contributed by atoms with van der Waals surface area (Å²) in [5, 5.41) is 14.2. The highest BCUT2D eigenvalue weighted by atomic mass is 35.5. The Labute approximate surface area is 102 Å². The van der Waals surface area contributed by atoms with Crippen LogP contribution in [0, 0.1) is 10.1 Å². The Balaban J connectivity index is 2.19. The van der Waals surface area contributed by atoms with Gasteiger partial charge in [0, 0.05) is 11.1 Å². The van der Waals surface area contributed by atoms with Gasteiger partial charge in [0.25, 0.3) is 5.69 Å². The van der Waals surface area contributed by atoms with Gasteiger partial charge in [0.05, 0.1) is 17.7 Å². The number of nitro benzene ring substituents is 1. The largest absolute Gasteiger partial charge is 0.467 e. The molecule has 0 saturated carbocycles. The second kappa shape index (κ2) is 4.88. The SMILES string of the molecule is O=[N+]([O-])c1ccc(Cl)cc1NCc1ccco1. The molecule has 17 heavy (non-hydrogen) atoms. The minimum atomic E-state index is -0.458. The van der Waals surface area contributed by atoms with E-state index in [9.17, 15) is 10.1 Å². The van der Waals surface area contributed by atoms with Crippen molar-refractivity contribution in [1.29, 1.82) is 0 Å². The summed E-state index contributed by atoms with van der Waals surface area (Å²) in [5.74, 6) is 0.694. The van der Waals surface area contributed by atoms with Gasteiger partial charge in [-0.25, -0.2) is 0 Å². The third kappa shape index (κ3) is 2.76. The number of nitrogens with one attached hydrogen (secondary N) is 1. The van der Waals surface area contributed by atoms with Crippen LogP contribution in [0.2, 0.25) is 5.02 Å². The van der Waals surface area contributed by atoms with E-state index in [1.165, 1.54) is 18.2 Å². The zero-order valence-corrected chi connectivity index (χ0v) is 9.48. The van der Waals surface area contributed by atoms with Crippen LogP contribution >= 0.6 is 11.6 Å². The van der Waals surface area contributed by atoms with Gasteiger partial charge in [-0.1, -0.05) is 11.6 Å². The molecular weight excluding hydrogens is 244 g/mol. The molecule has 1 N–H and O–H groups in total. The smallest absolute Gasteiger partial charge is 0.292 e. The Morgan fingerprint density at radius 2 is 2.24 bits per heavy atom. The van der Waals surface area contributed by atoms with Crippen LogP contribution in [0.1, 0.15) is 5.76 Å². The fourth-order valence-corrected chi connectivity index (χ4v) is 1.58. The number of hydrogen-bond donors (Lipinski definition) is 1. The number of benzene rings is 1. The number of nitrogens with zero attached hydrogens (tertiary/aromatic N) is 1. The van der Waals surface area contributed by atoms with Gasteiger partial charge >= 0.3 is 0 Å². The second-order valence-electron chi connectivity index (χ2n) is 3.35. The van der Waals surface area contributed by atoms with Gasteiger partial charge in [-0.2, -0.15) is 0 Å². The van der Waals surface area contributed by atoms with E-state index >= 15 is 0 Å². The topological polar surface area (TPSA) is 68.3 Å². The van der Waals surface area contributed by atoms with Gasteiger partial charge in [-0.3, -0.25) is 10.1 Å². The summed E-state index contributed by atoms with van der Waals surface area (Å²) >= 11 is 5.80. The quantitative estimate of drug-likeness (QED) is 0.668. The van der Waals surface area contributed by atoms with Gasteiger partial charge in [0.2, 0.25) is 0 Å². The van der Waals surface area contributed by atoms with Crippen LogP contribution in [0.25, 0.3) is 0 Å². The van der Waals surface area contributed by atoms with Crippen molar-refractivity contribution < 1.29 is 9.34 Å². The van der Waals surface area contributed by atoms with E-state index in [1.54, 1.807) is 18.4 Å². The Morgan fingerprint density at radius 3 is 2.88 bits per heavy atom. The number of anilines is 1. The molecule has 88 valence electrons. The van der Waals surface area contributed by atoms with Crippen molar-refractivity contribution in [3.8, 4) is 0 Å². The van der Waals surface area contributed by atoms with Crippen molar-refractivity contribution in [2.75, 3.05) is 5.32 Å². The highest BCUT2D eigenvalue weighted by molar-refractivity contribution is 6.31. The van der Waals surface area contributed by atoms with Crippen LogP contribution in [0.4, 0.5) is 11.4 Å². The second-order valence-corrected chi connectivity index (χ2v) is 3.79.